The zero-order chi connectivity index (χ0) is 24.0. The molecule has 34 heavy (non-hydrogen) atoms. The summed E-state index contributed by atoms with van der Waals surface area (Å²) in [6.45, 7) is -0.310. The SMILES string of the molecule is O=C1C/C(=C\c2cnn3c(NC4CC4)nc(NCc4ccc(F)cc4C(F)(F)F)nc23)C(=O)N1. The topological polar surface area (TPSA) is 113 Å². The summed E-state index contributed by atoms with van der Waals surface area (Å²) in [4.78, 5) is 32.1. The first-order chi connectivity index (χ1) is 16.2. The van der Waals surface area contributed by atoms with Gasteiger partial charge in [0.1, 0.15) is 5.82 Å². The minimum Gasteiger partial charge on any atom is -0.351 e. The average molecular weight is 475 g/mol. The van der Waals surface area contributed by atoms with Crippen LogP contribution in [-0.2, 0) is 22.3 Å². The van der Waals surface area contributed by atoms with Crippen LogP contribution in [-0.4, -0.2) is 37.4 Å². The third-order valence-electron chi connectivity index (χ3n) is 5.35. The molecule has 1 saturated heterocycles. The highest BCUT2D eigenvalue weighted by atomic mass is 19.4. The Morgan fingerprint density at radius 2 is 2.00 bits per heavy atom. The van der Waals surface area contributed by atoms with E-state index in [0.717, 1.165) is 25.0 Å². The second kappa shape index (κ2) is 8.08. The van der Waals surface area contributed by atoms with E-state index in [0.29, 0.717) is 17.6 Å². The Bertz CT molecular complexity index is 1340. The van der Waals surface area contributed by atoms with Crippen LogP contribution in [0, 0.1) is 5.82 Å². The highest BCUT2D eigenvalue weighted by Gasteiger charge is 2.34. The second-order valence-electron chi connectivity index (χ2n) is 8.00. The second-order valence-corrected chi connectivity index (χ2v) is 8.00. The van der Waals surface area contributed by atoms with E-state index in [1.165, 1.54) is 16.8 Å². The molecule has 1 saturated carbocycles. The maximum Gasteiger partial charge on any atom is 0.416 e. The molecule has 9 nitrogen and oxygen atoms in total. The molecule has 0 spiro atoms. The van der Waals surface area contributed by atoms with E-state index >= 15 is 0 Å². The van der Waals surface area contributed by atoms with Crippen molar-refractivity contribution in [3.63, 3.8) is 0 Å². The highest BCUT2D eigenvalue weighted by molar-refractivity contribution is 6.15. The van der Waals surface area contributed by atoms with E-state index in [1.54, 1.807) is 0 Å². The fourth-order valence-electron chi connectivity index (χ4n) is 3.53. The summed E-state index contributed by atoms with van der Waals surface area (Å²) < 4.78 is 54.8. The van der Waals surface area contributed by atoms with Gasteiger partial charge in [-0.3, -0.25) is 14.9 Å². The van der Waals surface area contributed by atoms with Crippen LogP contribution < -0.4 is 16.0 Å². The van der Waals surface area contributed by atoms with Crippen LogP contribution in [0.1, 0.15) is 36.0 Å². The minimum absolute atomic E-state index is 0.0141. The van der Waals surface area contributed by atoms with Gasteiger partial charge >= 0.3 is 6.18 Å². The predicted octanol–water partition coefficient (Wildman–Crippen LogP) is 2.90. The predicted molar refractivity (Wildman–Crippen MR) is 112 cm³/mol. The number of halogens is 4. The summed E-state index contributed by atoms with van der Waals surface area (Å²) in [5.41, 5.74) is -0.307. The van der Waals surface area contributed by atoms with Crippen molar-refractivity contribution in [1.29, 1.82) is 0 Å². The van der Waals surface area contributed by atoms with E-state index in [2.05, 4.69) is 31.0 Å². The molecule has 3 N–H and O–H groups in total. The average Bonchev–Trinajstić information content (AvgIpc) is 3.40. The first-order valence-electron chi connectivity index (χ1n) is 10.3. The lowest BCUT2D eigenvalue weighted by atomic mass is 10.1. The van der Waals surface area contributed by atoms with E-state index in [1.807, 2.05) is 0 Å². The number of hydrogen-bond acceptors (Lipinski definition) is 7. The normalized spacial score (nSPS) is 17.5. The monoisotopic (exact) mass is 475 g/mol. The van der Waals surface area contributed by atoms with Crippen molar-refractivity contribution in [2.75, 3.05) is 10.6 Å². The maximum absolute atomic E-state index is 13.4. The maximum atomic E-state index is 13.4. The molecule has 1 aliphatic carbocycles. The number of nitrogens with zero attached hydrogens (tertiary/aromatic N) is 4. The number of carbonyl (C=O) groups excluding carboxylic acids is 2. The lowest BCUT2D eigenvalue weighted by Crippen LogP contribution is -2.19. The van der Waals surface area contributed by atoms with E-state index in [9.17, 15) is 27.2 Å². The zero-order valence-corrected chi connectivity index (χ0v) is 17.4. The number of amides is 2. The molecule has 5 rings (SSSR count). The summed E-state index contributed by atoms with van der Waals surface area (Å²) in [5, 5.41) is 12.4. The van der Waals surface area contributed by atoms with Crippen molar-refractivity contribution in [3.8, 4) is 0 Å². The Labute approximate surface area is 189 Å². The molecular formula is C21H17F4N7O2. The van der Waals surface area contributed by atoms with Gasteiger partial charge in [0, 0.05) is 23.7 Å². The summed E-state index contributed by atoms with van der Waals surface area (Å²) in [6, 6.07) is 2.63. The molecule has 0 atom stereocenters. The Hall–Kier alpha value is -4.03. The van der Waals surface area contributed by atoms with Crippen LogP contribution in [0.5, 0.6) is 0 Å². The van der Waals surface area contributed by atoms with Crippen molar-refractivity contribution in [2.24, 2.45) is 0 Å². The Kier molecular flexibility index (Phi) is 5.18. The molecule has 176 valence electrons. The lowest BCUT2D eigenvalue weighted by molar-refractivity contribution is -0.138. The van der Waals surface area contributed by atoms with Gasteiger partial charge in [0.25, 0.3) is 5.91 Å². The lowest BCUT2D eigenvalue weighted by Gasteiger charge is -2.14. The molecule has 0 radical (unpaired) electrons. The van der Waals surface area contributed by atoms with Gasteiger partial charge in [-0.1, -0.05) is 6.07 Å². The van der Waals surface area contributed by atoms with E-state index < -0.39 is 29.4 Å². The fourth-order valence-corrected chi connectivity index (χ4v) is 3.53. The van der Waals surface area contributed by atoms with Gasteiger partial charge in [0.05, 0.1) is 18.2 Å². The molecular weight excluding hydrogens is 458 g/mol. The first-order valence-corrected chi connectivity index (χ1v) is 10.3. The van der Waals surface area contributed by atoms with Gasteiger partial charge in [-0.25, -0.2) is 4.39 Å². The molecule has 2 amide bonds. The molecule has 1 aromatic carbocycles. The van der Waals surface area contributed by atoms with Crippen LogP contribution in [0.4, 0.5) is 29.5 Å². The van der Waals surface area contributed by atoms with Crippen molar-refractivity contribution in [2.45, 2.75) is 38.0 Å². The molecule has 3 aromatic rings. The summed E-state index contributed by atoms with van der Waals surface area (Å²) in [5.74, 6) is -1.58. The number of rotatable bonds is 6. The van der Waals surface area contributed by atoms with Crippen LogP contribution in [0.25, 0.3) is 11.7 Å². The number of hydrogen-bond donors (Lipinski definition) is 3. The Balaban J connectivity index is 1.50. The third kappa shape index (κ3) is 4.40. The quantitative estimate of drug-likeness (QED) is 0.285. The Morgan fingerprint density at radius 1 is 1.21 bits per heavy atom. The van der Waals surface area contributed by atoms with E-state index in [-0.39, 0.29) is 41.7 Å². The van der Waals surface area contributed by atoms with Crippen molar-refractivity contribution in [3.05, 3.63) is 52.5 Å². The van der Waals surface area contributed by atoms with Gasteiger partial charge in [-0.2, -0.15) is 32.8 Å². The fraction of sp³-hybridized carbons (Fsp3) is 0.286. The number of anilines is 2. The Morgan fingerprint density at radius 3 is 2.68 bits per heavy atom. The number of benzene rings is 1. The third-order valence-corrected chi connectivity index (χ3v) is 5.35. The molecule has 0 unspecified atom stereocenters. The number of nitrogens with one attached hydrogen (secondary N) is 3. The molecule has 1 aliphatic heterocycles. The minimum atomic E-state index is -4.73. The number of carbonyl (C=O) groups is 2. The molecule has 2 aliphatic rings. The number of fused-ring (bicyclic) bond motifs is 1. The zero-order valence-electron chi connectivity index (χ0n) is 17.4. The van der Waals surface area contributed by atoms with Gasteiger partial charge in [-0.15, -0.1) is 0 Å². The van der Waals surface area contributed by atoms with Gasteiger partial charge in [-0.05, 0) is 36.6 Å². The van der Waals surface area contributed by atoms with Crippen LogP contribution in [0.15, 0.2) is 30.0 Å². The smallest absolute Gasteiger partial charge is 0.351 e. The molecule has 3 heterocycles. The van der Waals surface area contributed by atoms with Crippen LogP contribution in [0.2, 0.25) is 0 Å². The van der Waals surface area contributed by atoms with Gasteiger partial charge in [0.2, 0.25) is 17.8 Å². The molecule has 13 heteroatoms. The van der Waals surface area contributed by atoms with Crippen molar-refractivity contribution < 1.29 is 27.2 Å². The van der Waals surface area contributed by atoms with Crippen molar-refractivity contribution in [1.82, 2.24) is 24.9 Å². The highest BCUT2D eigenvalue weighted by Crippen LogP contribution is 2.33. The molecule has 2 aromatic heterocycles. The standard InChI is InChI=1S/C21H17F4N7O2/c22-13-2-1-10(15(7-13)21(23,24)25)8-26-19-30-17-12(5-11-6-16(33)29-18(11)34)9-27-32(17)20(31-19)28-14-3-4-14/h1-2,5,7,9,14H,3-4,6,8H2,(H,29,33,34)(H2,26,28,30,31)/b11-5+. The first kappa shape index (κ1) is 21.8. The largest absolute Gasteiger partial charge is 0.416 e. The summed E-state index contributed by atoms with van der Waals surface area (Å²) in [7, 11) is 0. The summed E-state index contributed by atoms with van der Waals surface area (Å²) >= 11 is 0. The van der Waals surface area contributed by atoms with Crippen LogP contribution in [0.3, 0.4) is 0 Å². The number of alkyl halides is 3. The van der Waals surface area contributed by atoms with Gasteiger partial charge < -0.3 is 10.6 Å². The number of aromatic nitrogens is 4. The van der Waals surface area contributed by atoms with E-state index in [4.69, 9.17) is 0 Å². The summed E-state index contributed by atoms with van der Waals surface area (Å²) in [6.07, 6.45) is -0.00578. The molecule has 2 fully saturated rings. The van der Waals surface area contributed by atoms with Crippen molar-refractivity contribution >= 4 is 35.4 Å². The molecule has 0 bridgehead atoms. The van der Waals surface area contributed by atoms with Crippen LogP contribution >= 0.6 is 0 Å². The van der Waals surface area contributed by atoms with Gasteiger partial charge in [0.15, 0.2) is 5.65 Å². The number of imide groups is 1.